The minimum atomic E-state index is -0.460. The van der Waals surface area contributed by atoms with E-state index in [2.05, 4.69) is 32.2 Å². The smallest absolute Gasteiger partial charge is 0.266 e. The normalized spacial score (nSPS) is 21.4. The number of piperazine rings is 1. The van der Waals surface area contributed by atoms with Crippen LogP contribution in [0.2, 0.25) is 0 Å². The lowest BCUT2D eigenvalue weighted by Gasteiger charge is -2.35. The van der Waals surface area contributed by atoms with Gasteiger partial charge in [-0.1, -0.05) is 6.07 Å². The molecule has 29 heavy (non-hydrogen) atoms. The van der Waals surface area contributed by atoms with Crippen LogP contribution >= 0.6 is 0 Å². The van der Waals surface area contributed by atoms with Crippen molar-refractivity contribution in [2.45, 2.75) is 19.1 Å². The van der Waals surface area contributed by atoms with E-state index in [1.807, 2.05) is 18.2 Å². The number of carbonyl (C=O) groups excluding carboxylic acids is 1. The number of benzene rings is 1. The van der Waals surface area contributed by atoms with E-state index in [1.165, 1.54) is 5.56 Å². The molecule has 1 amide bonds. The highest BCUT2D eigenvalue weighted by molar-refractivity contribution is 5.96. The third-order valence-corrected chi connectivity index (χ3v) is 5.59. The first-order chi connectivity index (χ1) is 14.2. The molecule has 0 saturated carbocycles. The Morgan fingerprint density at radius 1 is 1.03 bits per heavy atom. The van der Waals surface area contributed by atoms with E-state index in [-0.39, 0.29) is 5.91 Å². The first kappa shape index (κ1) is 18.2. The van der Waals surface area contributed by atoms with Crippen LogP contribution < -0.4 is 19.5 Å². The van der Waals surface area contributed by atoms with Crippen LogP contribution in [0.1, 0.15) is 12.0 Å². The molecule has 2 aromatic rings. The van der Waals surface area contributed by atoms with Gasteiger partial charge in [0.1, 0.15) is 0 Å². The van der Waals surface area contributed by atoms with Crippen molar-refractivity contribution >= 4 is 11.7 Å². The second kappa shape index (κ2) is 7.88. The minimum absolute atomic E-state index is 0.113. The Morgan fingerprint density at radius 2 is 1.86 bits per heavy atom. The molecule has 1 fully saturated rings. The maximum absolute atomic E-state index is 12.2. The molecule has 1 atom stereocenters. The summed E-state index contributed by atoms with van der Waals surface area (Å²) in [6.07, 6.45) is 1.85. The van der Waals surface area contributed by atoms with E-state index in [9.17, 15) is 4.79 Å². The van der Waals surface area contributed by atoms with Gasteiger partial charge in [0.2, 0.25) is 6.79 Å². The fourth-order valence-electron chi connectivity index (χ4n) is 3.94. The van der Waals surface area contributed by atoms with Crippen LogP contribution in [-0.2, 0) is 11.3 Å². The molecule has 1 unspecified atom stereocenters. The quantitative estimate of drug-likeness (QED) is 0.825. The van der Waals surface area contributed by atoms with Crippen LogP contribution in [0.15, 0.2) is 36.5 Å². The van der Waals surface area contributed by atoms with Gasteiger partial charge in [-0.05, 0) is 29.8 Å². The highest BCUT2D eigenvalue weighted by Crippen LogP contribution is 2.33. The van der Waals surface area contributed by atoms with Gasteiger partial charge >= 0.3 is 0 Å². The second-order valence-corrected chi connectivity index (χ2v) is 7.54. The predicted molar refractivity (Wildman–Crippen MR) is 106 cm³/mol. The largest absolute Gasteiger partial charge is 0.477 e. The van der Waals surface area contributed by atoms with Gasteiger partial charge in [-0.3, -0.25) is 9.69 Å². The Hall–Kier alpha value is -2.84. The van der Waals surface area contributed by atoms with Gasteiger partial charge in [-0.25, -0.2) is 4.98 Å². The number of hydrogen-bond acceptors (Lipinski definition) is 7. The molecule has 0 aliphatic carbocycles. The van der Waals surface area contributed by atoms with Crippen molar-refractivity contribution in [3.05, 3.63) is 42.1 Å². The van der Waals surface area contributed by atoms with Crippen molar-refractivity contribution in [1.82, 2.24) is 14.8 Å². The summed E-state index contributed by atoms with van der Waals surface area (Å²) in [6.45, 7) is 6.02. The summed E-state index contributed by atoms with van der Waals surface area (Å²) in [4.78, 5) is 21.2. The standard InChI is InChI=1S/C21H24N4O4/c26-21-18(29-17-2-1-6-22-20(17)23-21)5-7-24-8-10-25(11-9-24)13-15-3-4-16-19(12-15)28-14-27-16/h1-4,6,12,18H,5,7-11,13-14H2,(H,22,23,26). The summed E-state index contributed by atoms with van der Waals surface area (Å²) < 4.78 is 16.7. The van der Waals surface area contributed by atoms with Gasteiger partial charge in [-0.15, -0.1) is 0 Å². The van der Waals surface area contributed by atoms with E-state index in [1.54, 1.807) is 6.20 Å². The van der Waals surface area contributed by atoms with E-state index < -0.39 is 6.10 Å². The van der Waals surface area contributed by atoms with Crippen molar-refractivity contribution in [3.63, 3.8) is 0 Å². The van der Waals surface area contributed by atoms with Crippen molar-refractivity contribution in [2.24, 2.45) is 0 Å². The van der Waals surface area contributed by atoms with Crippen LogP contribution in [0.5, 0.6) is 17.2 Å². The van der Waals surface area contributed by atoms with Gasteiger partial charge < -0.3 is 24.4 Å². The molecule has 8 heteroatoms. The molecule has 0 spiro atoms. The fraction of sp³-hybridized carbons (Fsp3) is 0.429. The van der Waals surface area contributed by atoms with Crippen LogP contribution in [-0.4, -0.2) is 66.3 Å². The molecule has 3 aliphatic heterocycles. The first-order valence-corrected chi connectivity index (χ1v) is 10.0. The van der Waals surface area contributed by atoms with Crippen LogP contribution in [0.4, 0.5) is 5.82 Å². The number of anilines is 1. The first-order valence-electron chi connectivity index (χ1n) is 10.0. The summed E-state index contributed by atoms with van der Waals surface area (Å²) in [7, 11) is 0. The van der Waals surface area contributed by atoms with Gasteiger partial charge in [0.15, 0.2) is 29.2 Å². The summed E-state index contributed by atoms with van der Waals surface area (Å²) in [6, 6.07) is 9.80. The van der Waals surface area contributed by atoms with Crippen molar-refractivity contribution in [3.8, 4) is 17.2 Å². The van der Waals surface area contributed by atoms with Crippen molar-refractivity contribution in [2.75, 3.05) is 44.8 Å². The Morgan fingerprint density at radius 3 is 2.76 bits per heavy atom. The molecule has 1 aromatic carbocycles. The van der Waals surface area contributed by atoms with Crippen molar-refractivity contribution in [1.29, 1.82) is 0 Å². The number of nitrogens with one attached hydrogen (secondary N) is 1. The third kappa shape index (κ3) is 3.99. The minimum Gasteiger partial charge on any atom is -0.477 e. The molecule has 4 heterocycles. The lowest BCUT2D eigenvalue weighted by Crippen LogP contribution is -2.47. The average molecular weight is 396 g/mol. The Labute approximate surface area is 169 Å². The maximum Gasteiger partial charge on any atom is 0.266 e. The van der Waals surface area contributed by atoms with Gasteiger partial charge in [0.05, 0.1) is 0 Å². The van der Waals surface area contributed by atoms with Crippen LogP contribution in [0.25, 0.3) is 0 Å². The highest BCUT2D eigenvalue weighted by Gasteiger charge is 2.29. The molecule has 0 radical (unpaired) electrons. The molecular weight excluding hydrogens is 372 g/mol. The van der Waals surface area contributed by atoms with Gasteiger partial charge in [0, 0.05) is 51.9 Å². The third-order valence-electron chi connectivity index (χ3n) is 5.59. The summed E-state index contributed by atoms with van der Waals surface area (Å²) in [5.74, 6) is 2.70. The van der Waals surface area contributed by atoms with Crippen LogP contribution in [0, 0.1) is 0 Å². The number of amides is 1. The number of rotatable bonds is 5. The number of aromatic nitrogens is 1. The number of ether oxygens (including phenoxy) is 3. The van der Waals surface area contributed by atoms with Crippen LogP contribution in [0.3, 0.4) is 0 Å². The predicted octanol–water partition coefficient (Wildman–Crippen LogP) is 1.72. The molecule has 3 aliphatic rings. The van der Waals surface area contributed by atoms with E-state index in [0.29, 0.717) is 24.8 Å². The van der Waals surface area contributed by atoms with E-state index in [0.717, 1.165) is 50.8 Å². The SMILES string of the molecule is O=C1Nc2ncccc2OC1CCN1CCN(Cc2ccc3c(c2)OCO3)CC1. The van der Waals surface area contributed by atoms with E-state index >= 15 is 0 Å². The Bertz CT molecular complexity index is 898. The highest BCUT2D eigenvalue weighted by atomic mass is 16.7. The zero-order valence-corrected chi connectivity index (χ0v) is 16.2. The monoisotopic (exact) mass is 396 g/mol. The molecule has 152 valence electrons. The number of pyridine rings is 1. The number of fused-ring (bicyclic) bond motifs is 2. The molecule has 0 bridgehead atoms. The summed E-state index contributed by atoms with van der Waals surface area (Å²) in [5.41, 5.74) is 1.24. The molecule has 1 saturated heterocycles. The lowest BCUT2D eigenvalue weighted by molar-refractivity contribution is -0.124. The number of nitrogens with zero attached hydrogens (tertiary/aromatic N) is 3. The van der Waals surface area contributed by atoms with Gasteiger partial charge in [-0.2, -0.15) is 0 Å². The zero-order chi connectivity index (χ0) is 19.6. The molecule has 8 nitrogen and oxygen atoms in total. The van der Waals surface area contributed by atoms with E-state index in [4.69, 9.17) is 14.2 Å². The summed E-state index contributed by atoms with van der Waals surface area (Å²) >= 11 is 0. The molecule has 1 aromatic heterocycles. The van der Waals surface area contributed by atoms with Crippen molar-refractivity contribution < 1.29 is 19.0 Å². The molecular formula is C21H24N4O4. The Balaban J connectivity index is 1.09. The van der Waals surface area contributed by atoms with Gasteiger partial charge in [0.25, 0.3) is 5.91 Å². The zero-order valence-electron chi connectivity index (χ0n) is 16.2. The topological polar surface area (TPSA) is 76.2 Å². The molecule has 1 N–H and O–H groups in total. The number of carbonyl (C=O) groups is 1. The summed E-state index contributed by atoms with van der Waals surface area (Å²) in [5, 5.41) is 2.83. The molecule has 5 rings (SSSR count). The Kier molecular flexibility index (Phi) is 4.95. The second-order valence-electron chi connectivity index (χ2n) is 7.54. The maximum atomic E-state index is 12.2. The average Bonchev–Trinajstić information content (AvgIpc) is 3.21. The lowest BCUT2D eigenvalue weighted by atomic mass is 10.1. The number of hydrogen-bond donors (Lipinski definition) is 1. The fourth-order valence-corrected chi connectivity index (χ4v) is 3.94.